The maximum Gasteiger partial charge on any atom is 0.141 e. The van der Waals surface area contributed by atoms with Gasteiger partial charge in [-0.05, 0) is 49.7 Å². The zero-order valence-electron chi connectivity index (χ0n) is 16.8. The van der Waals surface area contributed by atoms with Gasteiger partial charge >= 0.3 is 0 Å². The Morgan fingerprint density at radius 3 is 2.57 bits per heavy atom. The minimum absolute atomic E-state index is 0.231. The van der Waals surface area contributed by atoms with E-state index in [2.05, 4.69) is 50.7 Å². The van der Waals surface area contributed by atoms with E-state index < -0.39 is 0 Å². The number of aryl methyl sites for hydroxylation is 1. The molecule has 0 radical (unpaired) electrons. The van der Waals surface area contributed by atoms with Crippen molar-refractivity contribution in [1.29, 1.82) is 0 Å². The van der Waals surface area contributed by atoms with E-state index in [1.165, 1.54) is 0 Å². The molecule has 3 aromatic rings. The van der Waals surface area contributed by atoms with E-state index in [1.54, 1.807) is 0 Å². The van der Waals surface area contributed by atoms with Crippen LogP contribution in [0.15, 0.2) is 36.7 Å². The standard InChI is InChI=1S/C23H26N4O/c1-15-24-12-21(27(15)3)16-4-5-17-11-25-20(7-18(17)6-16)8-22(28)19-9-23(10-19)13-26(2)14-23/h4-7,11-12,19H,8-10,13-14H2,1-3H3. The van der Waals surface area contributed by atoms with Gasteiger partial charge < -0.3 is 9.47 Å². The predicted octanol–water partition coefficient (Wildman–Crippen LogP) is 3.40. The third-order valence-corrected chi connectivity index (χ3v) is 6.67. The fourth-order valence-electron chi connectivity index (χ4n) is 5.11. The minimum atomic E-state index is 0.231. The molecule has 28 heavy (non-hydrogen) atoms. The highest BCUT2D eigenvalue weighted by atomic mass is 16.1. The topological polar surface area (TPSA) is 51.0 Å². The molecule has 144 valence electrons. The Morgan fingerprint density at radius 2 is 1.89 bits per heavy atom. The van der Waals surface area contributed by atoms with Crippen molar-refractivity contribution in [2.75, 3.05) is 20.1 Å². The molecule has 5 heteroatoms. The summed E-state index contributed by atoms with van der Waals surface area (Å²) in [5.74, 6) is 1.58. The van der Waals surface area contributed by atoms with Crippen molar-refractivity contribution in [3.63, 3.8) is 0 Å². The van der Waals surface area contributed by atoms with E-state index in [0.29, 0.717) is 17.6 Å². The number of carbonyl (C=O) groups is 1. The van der Waals surface area contributed by atoms with E-state index in [9.17, 15) is 4.79 Å². The molecular formula is C23H26N4O. The molecule has 1 aliphatic carbocycles. The van der Waals surface area contributed by atoms with Gasteiger partial charge in [0.25, 0.3) is 0 Å². The molecule has 2 fully saturated rings. The van der Waals surface area contributed by atoms with Crippen molar-refractivity contribution < 1.29 is 4.79 Å². The van der Waals surface area contributed by atoms with Crippen molar-refractivity contribution in [3.8, 4) is 11.3 Å². The normalized spacial score (nSPS) is 19.0. The van der Waals surface area contributed by atoms with Crippen LogP contribution in [0.3, 0.4) is 0 Å². The van der Waals surface area contributed by atoms with Crippen LogP contribution in [0.5, 0.6) is 0 Å². The number of imidazole rings is 1. The van der Waals surface area contributed by atoms with Crippen LogP contribution in [0.2, 0.25) is 0 Å². The summed E-state index contributed by atoms with van der Waals surface area (Å²) in [6.45, 7) is 4.31. The van der Waals surface area contributed by atoms with Gasteiger partial charge in [-0.3, -0.25) is 9.78 Å². The van der Waals surface area contributed by atoms with E-state index in [-0.39, 0.29) is 5.92 Å². The Labute approximate surface area is 165 Å². The van der Waals surface area contributed by atoms with Crippen molar-refractivity contribution in [2.24, 2.45) is 18.4 Å². The number of ketones is 1. The van der Waals surface area contributed by atoms with E-state index in [1.807, 2.05) is 26.4 Å². The second kappa shape index (κ2) is 6.24. The SMILES string of the molecule is Cc1ncc(-c2ccc3cnc(CC(=O)C4CC5(C4)CN(C)C5)cc3c2)n1C. The number of hydrogen-bond donors (Lipinski definition) is 0. The molecule has 1 aliphatic heterocycles. The highest BCUT2D eigenvalue weighted by molar-refractivity contribution is 5.88. The van der Waals surface area contributed by atoms with Crippen molar-refractivity contribution in [2.45, 2.75) is 26.2 Å². The maximum atomic E-state index is 12.7. The fourth-order valence-corrected chi connectivity index (χ4v) is 5.11. The van der Waals surface area contributed by atoms with Gasteiger partial charge in [-0.15, -0.1) is 0 Å². The average Bonchev–Trinajstić information content (AvgIpc) is 2.95. The number of pyridine rings is 1. The van der Waals surface area contributed by atoms with Crippen molar-refractivity contribution >= 4 is 16.6 Å². The molecule has 1 aromatic carbocycles. The zero-order valence-corrected chi connectivity index (χ0v) is 16.8. The number of fused-ring (bicyclic) bond motifs is 1. The van der Waals surface area contributed by atoms with E-state index in [4.69, 9.17) is 0 Å². The number of Topliss-reactive ketones (excluding diaryl/α,β-unsaturated/α-hetero) is 1. The van der Waals surface area contributed by atoms with Crippen LogP contribution in [0.25, 0.3) is 22.0 Å². The lowest BCUT2D eigenvalue weighted by Crippen LogP contribution is -2.61. The number of rotatable bonds is 4. The quantitative estimate of drug-likeness (QED) is 0.702. The number of benzene rings is 1. The molecule has 0 N–H and O–H groups in total. The number of aromatic nitrogens is 3. The van der Waals surface area contributed by atoms with E-state index >= 15 is 0 Å². The van der Waals surface area contributed by atoms with Crippen molar-refractivity contribution in [3.05, 3.63) is 48.2 Å². The minimum Gasteiger partial charge on any atom is -0.331 e. The summed E-state index contributed by atoms with van der Waals surface area (Å²) in [6.07, 6.45) is 6.37. The lowest BCUT2D eigenvalue weighted by atomic mass is 9.56. The smallest absolute Gasteiger partial charge is 0.141 e. The van der Waals surface area contributed by atoms with Gasteiger partial charge in [-0.2, -0.15) is 0 Å². The van der Waals surface area contributed by atoms with Gasteiger partial charge in [0, 0.05) is 55.3 Å². The second-order valence-corrected chi connectivity index (χ2v) is 8.91. The van der Waals surface area contributed by atoms with Crippen LogP contribution in [0, 0.1) is 18.3 Å². The van der Waals surface area contributed by atoms with Crippen LogP contribution in [-0.4, -0.2) is 45.4 Å². The summed E-state index contributed by atoms with van der Waals surface area (Å²) >= 11 is 0. The lowest BCUT2D eigenvalue weighted by molar-refractivity contribution is -0.139. The Morgan fingerprint density at radius 1 is 1.11 bits per heavy atom. The molecule has 5 rings (SSSR count). The molecule has 1 saturated heterocycles. The van der Waals surface area contributed by atoms with Crippen LogP contribution in [0.1, 0.15) is 24.4 Å². The Bertz CT molecular complexity index is 1070. The number of carbonyl (C=O) groups excluding carboxylic acids is 1. The number of hydrogen-bond acceptors (Lipinski definition) is 4. The van der Waals surface area contributed by atoms with Crippen LogP contribution < -0.4 is 0 Å². The highest BCUT2D eigenvalue weighted by Crippen LogP contribution is 2.51. The summed E-state index contributed by atoms with van der Waals surface area (Å²) in [4.78, 5) is 24.0. The van der Waals surface area contributed by atoms with Gasteiger partial charge in [-0.1, -0.05) is 12.1 Å². The van der Waals surface area contributed by atoms with E-state index in [0.717, 1.165) is 59.5 Å². The van der Waals surface area contributed by atoms with Crippen LogP contribution in [0.4, 0.5) is 0 Å². The summed E-state index contributed by atoms with van der Waals surface area (Å²) < 4.78 is 2.09. The fraction of sp³-hybridized carbons (Fsp3) is 0.435. The third-order valence-electron chi connectivity index (χ3n) is 6.67. The molecule has 0 unspecified atom stereocenters. The molecule has 0 atom stereocenters. The van der Waals surface area contributed by atoms with Crippen molar-refractivity contribution in [1.82, 2.24) is 19.4 Å². The molecule has 0 amide bonds. The summed E-state index contributed by atoms with van der Waals surface area (Å²) in [5.41, 5.74) is 3.55. The average molecular weight is 374 g/mol. The largest absolute Gasteiger partial charge is 0.331 e. The summed E-state index contributed by atoms with van der Waals surface area (Å²) in [7, 11) is 4.18. The monoisotopic (exact) mass is 374 g/mol. The van der Waals surface area contributed by atoms with Gasteiger partial charge in [0.15, 0.2) is 0 Å². The molecule has 0 bridgehead atoms. The summed E-state index contributed by atoms with van der Waals surface area (Å²) in [5, 5.41) is 2.22. The highest BCUT2D eigenvalue weighted by Gasteiger charge is 2.52. The molecule has 2 aromatic heterocycles. The molecule has 5 nitrogen and oxygen atoms in total. The zero-order chi connectivity index (χ0) is 19.5. The molecular weight excluding hydrogens is 348 g/mol. The molecule has 2 aliphatic rings. The number of likely N-dealkylation sites (tertiary alicyclic amines) is 1. The van der Waals surface area contributed by atoms with Gasteiger partial charge in [-0.25, -0.2) is 4.98 Å². The molecule has 3 heterocycles. The van der Waals surface area contributed by atoms with Gasteiger partial charge in [0.2, 0.25) is 0 Å². The van der Waals surface area contributed by atoms with Gasteiger partial charge in [0.1, 0.15) is 11.6 Å². The van der Waals surface area contributed by atoms with Crippen LogP contribution in [-0.2, 0) is 18.3 Å². The first-order valence-corrected chi connectivity index (χ1v) is 10.0. The summed E-state index contributed by atoms with van der Waals surface area (Å²) in [6, 6.07) is 8.44. The first kappa shape index (κ1) is 17.6. The lowest BCUT2D eigenvalue weighted by Gasteiger charge is -2.58. The third kappa shape index (κ3) is 2.85. The Kier molecular flexibility index (Phi) is 3.91. The maximum absolute atomic E-state index is 12.7. The molecule has 1 spiro atoms. The predicted molar refractivity (Wildman–Crippen MR) is 110 cm³/mol. The number of nitrogens with zero attached hydrogens (tertiary/aromatic N) is 4. The first-order chi connectivity index (χ1) is 13.4. The molecule has 1 saturated carbocycles. The second-order valence-electron chi connectivity index (χ2n) is 8.91. The Hall–Kier alpha value is -2.53. The van der Waals surface area contributed by atoms with Gasteiger partial charge in [0.05, 0.1) is 11.9 Å². The van der Waals surface area contributed by atoms with Crippen LogP contribution >= 0.6 is 0 Å². The first-order valence-electron chi connectivity index (χ1n) is 10.0. The Balaban J connectivity index is 1.34.